The molecule has 0 spiro atoms. The Morgan fingerprint density at radius 1 is 1.21 bits per heavy atom. The van der Waals surface area contributed by atoms with E-state index in [0.717, 1.165) is 55.2 Å². The number of amides is 1. The van der Waals surface area contributed by atoms with Gasteiger partial charge in [0, 0.05) is 35.0 Å². The minimum absolute atomic E-state index is 0.235. The van der Waals surface area contributed by atoms with Gasteiger partial charge in [-0.15, -0.1) is 0 Å². The molecule has 4 rings (SSSR count). The number of hydrogen-bond acceptors (Lipinski definition) is 3. The number of aliphatic hydroxyl groups is 1. The number of rotatable bonds is 4. The van der Waals surface area contributed by atoms with E-state index < -0.39 is 6.10 Å². The predicted molar refractivity (Wildman–Crippen MR) is 116 cm³/mol. The number of piperidine rings is 1. The van der Waals surface area contributed by atoms with Gasteiger partial charge in [0.25, 0.3) is 0 Å². The molecule has 1 aliphatic heterocycles. The number of likely N-dealkylation sites (tertiary alicyclic amines) is 1. The minimum Gasteiger partial charge on any atom is -0.388 e. The molecule has 0 bridgehead atoms. The SMILES string of the molecule is CC(C)(C1CCN(C(=O)C2CCCCC2)CC1)C(O)c1cc(Cl)cc2cn[nH]c12. The zero-order valence-corrected chi connectivity index (χ0v) is 18.2. The van der Waals surface area contributed by atoms with E-state index in [9.17, 15) is 9.90 Å². The van der Waals surface area contributed by atoms with Crippen LogP contribution in [0, 0.1) is 17.3 Å². The van der Waals surface area contributed by atoms with E-state index in [4.69, 9.17) is 11.6 Å². The highest BCUT2D eigenvalue weighted by Gasteiger charge is 2.41. The zero-order chi connectivity index (χ0) is 20.6. The summed E-state index contributed by atoms with van der Waals surface area (Å²) >= 11 is 6.29. The maximum Gasteiger partial charge on any atom is 0.225 e. The van der Waals surface area contributed by atoms with Crippen molar-refractivity contribution in [1.29, 1.82) is 0 Å². The van der Waals surface area contributed by atoms with Crippen LogP contribution in [-0.2, 0) is 4.79 Å². The summed E-state index contributed by atoms with van der Waals surface area (Å²) in [6, 6.07) is 3.70. The molecule has 6 heteroatoms. The van der Waals surface area contributed by atoms with Gasteiger partial charge in [0.1, 0.15) is 0 Å². The Bertz CT molecular complexity index is 864. The lowest BCUT2D eigenvalue weighted by atomic mass is 9.68. The standard InChI is InChI=1S/C23H32ClN3O2/c1-23(2,21(28)19-13-18(24)12-16-14-25-26-20(16)19)17-8-10-27(11-9-17)22(29)15-6-4-3-5-7-15/h12-15,17,21,28H,3-11H2,1-2H3,(H,25,26). The molecule has 1 saturated heterocycles. The predicted octanol–water partition coefficient (Wildman–Crippen LogP) is 5.09. The number of aliphatic hydroxyl groups excluding tert-OH is 1. The zero-order valence-electron chi connectivity index (χ0n) is 17.5. The number of hydrogen-bond donors (Lipinski definition) is 2. The molecule has 2 fully saturated rings. The van der Waals surface area contributed by atoms with Gasteiger partial charge in [-0.25, -0.2) is 0 Å². The van der Waals surface area contributed by atoms with Crippen LogP contribution >= 0.6 is 11.6 Å². The highest BCUT2D eigenvalue weighted by atomic mass is 35.5. The number of fused-ring (bicyclic) bond motifs is 1. The molecule has 2 N–H and O–H groups in total. The average Bonchev–Trinajstić information content (AvgIpc) is 3.21. The first-order valence-electron chi connectivity index (χ1n) is 11.0. The fourth-order valence-electron chi connectivity index (χ4n) is 5.34. The van der Waals surface area contributed by atoms with Gasteiger partial charge in [0.05, 0.1) is 17.8 Å². The molecule has 158 valence electrons. The van der Waals surface area contributed by atoms with Crippen LogP contribution < -0.4 is 0 Å². The van der Waals surface area contributed by atoms with Gasteiger partial charge in [-0.1, -0.05) is 44.7 Å². The summed E-state index contributed by atoms with van der Waals surface area (Å²) in [5, 5.41) is 20.0. The molecule has 5 nitrogen and oxygen atoms in total. The van der Waals surface area contributed by atoms with Gasteiger partial charge in [-0.2, -0.15) is 5.10 Å². The Morgan fingerprint density at radius 3 is 2.59 bits per heavy atom. The van der Waals surface area contributed by atoms with Crippen LogP contribution in [0.4, 0.5) is 0 Å². The highest BCUT2D eigenvalue weighted by Crippen LogP contribution is 2.46. The van der Waals surface area contributed by atoms with Crippen LogP contribution in [0.15, 0.2) is 18.3 Å². The Hall–Kier alpha value is -1.59. The number of halogens is 1. The van der Waals surface area contributed by atoms with E-state index in [-0.39, 0.29) is 11.3 Å². The second-order valence-electron chi connectivity index (χ2n) is 9.49. The Labute approximate surface area is 177 Å². The van der Waals surface area contributed by atoms with E-state index in [0.29, 0.717) is 16.8 Å². The molecule has 1 aliphatic carbocycles. The molecule has 2 aliphatic rings. The molecule has 0 radical (unpaired) electrons. The molecule has 1 aromatic carbocycles. The minimum atomic E-state index is -0.658. The maximum absolute atomic E-state index is 12.9. The first-order valence-corrected chi connectivity index (χ1v) is 11.3. The van der Waals surface area contributed by atoms with Crippen molar-refractivity contribution < 1.29 is 9.90 Å². The van der Waals surface area contributed by atoms with Crippen molar-refractivity contribution in [3.8, 4) is 0 Å². The third-order valence-corrected chi connectivity index (χ3v) is 7.57. The summed E-state index contributed by atoms with van der Waals surface area (Å²) in [6.45, 7) is 5.85. The molecule has 1 amide bonds. The first kappa shape index (κ1) is 20.7. The molecule has 1 saturated carbocycles. The molecule has 2 heterocycles. The smallest absolute Gasteiger partial charge is 0.225 e. The highest BCUT2D eigenvalue weighted by molar-refractivity contribution is 6.31. The van der Waals surface area contributed by atoms with Crippen LogP contribution in [0.5, 0.6) is 0 Å². The molecule has 1 atom stereocenters. The quantitative estimate of drug-likeness (QED) is 0.727. The first-order chi connectivity index (χ1) is 13.9. The van der Waals surface area contributed by atoms with Crippen molar-refractivity contribution in [3.05, 3.63) is 28.9 Å². The van der Waals surface area contributed by atoms with Crippen LogP contribution in [-0.4, -0.2) is 39.2 Å². The van der Waals surface area contributed by atoms with E-state index in [1.807, 2.05) is 12.1 Å². The van der Waals surface area contributed by atoms with E-state index in [1.54, 1.807) is 6.20 Å². The van der Waals surface area contributed by atoms with Gasteiger partial charge >= 0.3 is 0 Å². The monoisotopic (exact) mass is 417 g/mol. The topological polar surface area (TPSA) is 69.2 Å². The fraction of sp³-hybridized carbons (Fsp3) is 0.652. The number of aromatic nitrogens is 2. The van der Waals surface area contributed by atoms with Crippen molar-refractivity contribution in [2.45, 2.75) is 64.9 Å². The number of carbonyl (C=O) groups is 1. The molecular formula is C23H32ClN3O2. The third kappa shape index (κ3) is 4.04. The number of aromatic amines is 1. The van der Waals surface area contributed by atoms with Gasteiger partial charge in [0.15, 0.2) is 0 Å². The van der Waals surface area contributed by atoms with Crippen molar-refractivity contribution in [3.63, 3.8) is 0 Å². The third-order valence-electron chi connectivity index (χ3n) is 7.36. The summed E-state index contributed by atoms with van der Waals surface area (Å²) in [5.41, 5.74) is 1.32. The summed E-state index contributed by atoms with van der Waals surface area (Å²) in [6.07, 6.45) is 8.68. The van der Waals surface area contributed by atoms with Crippen LogP contribution in [0.1, 0.15) is 70.5 Å². The van der Waals surface area contributed by atoms with Crippen molar-refractivity contribution in [2.75, 3.05) is 13.1 Å². The van der Waals surface area contributed by atoms with Gasteiger partial charge in [-0.3, -0.25) is 9.89 Å². The Morgan fingerprint density at radius 2 is 1.90 bits per heavy atom. The summed E-state index contributed by atoms with van der Waals surface area (Å²) in [7, 11) is 0. The van der Waals surface area contributed by atoms with Gasteiger partial charge < -0.3 is 10.0 Å². The van der Waals surface area contributed by atoms with Crippen LogP contribution in [0.2, 0.25) is 5.02 Å². The second-order valence-corrected chi connectivity index (χ2v) is 9.92. The average molecular weight is 418 g/mol. The largest absolute Gasteiger partial charge is 0.388 e. The summed E-state index contributed by atoms with van der Waals surface area (Å²) < 4.78 is 0. The maximum atomic E-state index is 12.9. The molecule has 1 unspecified atom stereocenters. The van der Waals surface area contributed by atoms with Crippen LogP contribution in [0.25, 0.3) is 10.9 Å². The molecule has 2 aromatic rings. The number of benzene rings is 1. The molecule has 29 heavy (non-hydrogen) atoms. The van der Waals surface area contributed by atoms with Crippen molar-refractivity contribution >= 4 is 28.4 Å². The Kier molecular flexibility index (Phi) is 5.90. The van der Waals surface area contributed by atoms with E-state index >= 15 is 0 Å². The lowest BCUT2D eigenvalue weighted by Crippen LogP contribution is -2.45. The molecular weight excluding hydrogens is 386 g/mol. The number of nitrogens with one attached hydrogen (secondary N) is 1. The number of carbonyl (C=O) groups excluding carboxylic acids is 1. The summed E-state index contributed by atoms with van der Waals surface area (Å²) in [4.78, 5) is 14.9. The Balaban J connectivity index is 1.45. The van der Waals surface area contributed by atoms with Crippen molar-refractivity contribution in [2.24, 2.45) is 17.3 Å². The lowest BCUT2D eigenvalue weighted by molar-refractivity contribution is -0.139. The number of H-pyrrole nitrogens is 1. The van der Waals surface area contributed by atoms with Gasteiger partial charge in [0.2, 0.25) is 5.91 Å². The molecule has 1 aromatic heterocycles. The lowest BCUT2D eigenvalue weighted by Gasteiger charge is -2.44. The number of nitrogens with zero attached hydrogens (tertiary/aromatic N) is 2. The van der Waals surface area contributed by atoms with Gasteiger partial charge in [-0.05, 0) is 49.1 Å². The summed E-state index contributed by atoms with van der Waals surface area (Å²) in [5.74, 6) is 0.930. The van der Waals surface area contributed by atoms with Crippen LogP contribution in [0.3, 0.4) is 0 Å². The normalized spacial score (nSPS) is 20.9. The van der Waals surface area contributed by atoms with E-state index in [2.05, 4.69) is 28.9 Å². The van der Waals surface area contributed by atoms with E-state index in [1.165, 1.54) is 19.3 Å². The fourth-order valence-corrected chi connectivity index (χ4v) is 5.57. The second kappa shape index (κ2) is 8.27. The van der Waals surface area contributed by atoms with Crippen molar-refractivity contribution in [1.82, 2.24) is 15.1 Å².